The fourth-order valence-corrected chi connectivity index (χ4v) is 8.56. The van der Waals surface area contributed by atoms with Crippen LogP contribution >= 0.6 is 0 Å². The SMILES string of the molecule is CCC1=C2[C@@H](CC/C(=C/c3ccc(O)c4ccccc34)c3ccccn3)OB(O)C[C@@H]2[C@@H]2C(=O)N(C3CCCCC3)C(=O)[C@@H]2C1. The third-order valence-electron chi connectivity index (χ3n) is 10.6. The highest BCUT2D eigenvalue weighted by atomic mass is 16.5. The number of rotatable bonds is 7. The number of aromatic hydroxyl groups is 1. The largest absolute Gasteiger partial charge is 0.507 e. The van der Waals surface area contributed by atoms with E-state index in [0.717, 1.165) is 71.7 Å². The first-order valence-electron chi connectivity index (χ1n) is 16.7. The van der Waals surface area contributed by atoms with Crippen molar-refractivity contribution in [2.45, 2.75) is 83.2 Å². The molecule has 45 heavy (non-hydrogen) atoms. The molecule has 1 saturated carbocycles. The van der Waals surface area contributed by atoms with Crippen LogP contribution in [-0.2, 0) is 14.2 Å². The van der Waals surface area contributed by atoms with E-state index in [1.165, 1.54) is 5.57 Å². The number of nitrogens with zero attached hydrogens (tertiary/aromatic N) is 2. The van der Waals surface area contributed by atoms with Crippen LogP contribution in [0, 0.1) is 17.8 Å². The number of hydrogen-bond donors (Lipinski definition) is 2. The van der Waals surface area contributed by atoms with Gasteiger partial charge in [0.15, 0.2) is 0 Å². The van der Waals surface area contributed by atoms with Gasteiger partial charge in [-0.1, -0.05) is 68.2 Å². The number of aromatic nitrogens is 1. The molecule has 3 fully saturated rings. The van der Waals surface area contributed by atoms with E-state index in [2.05, 4.69) is 18.0 Å². The summed E-state index contributed by atoms with van der Waals surface area (Å²) in [7, 11) is -0.990. The Morgan fingerprint density at radius 3 is 2.53 bits per heavy atom. The zero-order valence-electron chi connectivity index (χ0n) is 25.9. The molecule has 4 aliphatic rings. The van der Waals surface area contributed by atoms with E-state index < -0.39 is 13.0 Å². The van der Waals surface area contributed by atoms with Crippen molar-refractivity contribution in [3.63, 3.8) is 0 Å². The lowest BCUT2D eigenvalue weighted by Gasteiger charge is -2.43. The molecule has 1 aromatic heterocycles. The minimum atomic E-state index is -0.990. The molecule has 0 spiro atoms. The van der Waals surface area contributed by atoms with Crippen LogP contribution in [0.1, 0.15) is 76.0 Å². The molecule has 0 radical (unpaired) electrons. The van der Waals surface area contributed by atoms with Gasteiger partial charge >= 0.3 is 7.12 Å². The van der Waals surface area contributed by atoms with Crippen molar-refractivity contribution in [3.8, 4) is 5.75 Å². The van der Waals surface area contributed by atoms with Gasteiger partial charge in [-0.2, -0.15) is 0 Å². The fraction of sp³-hybridized carbons (Fsp3) is 0.432. The van der Waals surface area contributed by atoms with Crippen molar-refractivity contribution in [3.05, 3.63) is 83.2 Å². The van der Waals surface area contributed by atoms with E-state index >= 15 is 0 Å². The molecule has 3 heterocycles. The lowest BCUT2D eigenvalue weighted by molar-refractivity contribution is -0.143. The van der Waals surface area contributed by atoms with E-state index in [4.69, 9.17) is 4.65 Å². The number of carbonyl (C=O) groups is 2. The minimum absolute atomic E-state index is 0.000859. The number of phenols is 1. The number of hydrogen-bond acceptors (Lipinski definition) is 6. The van der Waals surface area contributed by atoms with Crippen molar-refractivity contribution in [1.82, 2.24) is 9.88 Å². The lowest BCUT2D eigenvalue weighted by Crippen LogP contribution is -2.46. The Bertz CT molecular complexity index is 1660. The van der Waals surface area contributed by atoms with Gasteiger partial charge in [-0.25, -0.2) is 0 Å². The molecular formula is C37H41BN2O5. The van der Waals surface area contributed by atoms with Crippen molar-refractivity contribution in [1.29, 1.82) is 0 Å². The molecule has 4 atom stereocenters. The topological polar surface area (TPSA) is 100.0 Å². The molecule has 8 heteroatoms. The van der Waals surface area contributed by atoms with Crippen LogP contribution < -0.4 is 0 Å². The number of allylic oxidation sites excluding steroid dienone is 2. The summed E-state index contributed by atoms with van der Waals surface area (Å²) < 4.78 is 6.27. The summed E-state index contributed by atoms with van der Waals surface area (Å²) in [6, 6.07) is 17.4. The van der Waals surface area contributed by atoms with Gasteiger partial charge in [-0.05, 0) is 97.1 Å². The highest BCUT2D eigenvalue weighted by molar-refractivity contribution is 6.43. The number of pyridine rings is 1. The fourth-order valence-electron chi connectivity index (χ4n) is 8.56. The van der Waals surface area contributed by atoms with Crippen LogP contribution in [0.25, 0.3) is 22.4 Å². The number of fused-ring (bicyclic) bond motifs is 4. The second-order valence-corrected chi connectivity index (χ2v) is 13.2. The first-order chi connectivity index (χ1) is 21.9. The average molecular weight is 605 g/mol. The third kappa shape index (κ3) is 5.53. The summed E-state index contributed by atoms with van der Waals surface area (Å²) in [4.78, 5) is 34.1. The van der Waals surface area contributed by atoms with Crippen LogP contribution in [0.5, 0.6) is 5.75 Å². The van der Waals surface area contributed by atoms with Gasteiger partial charge < -0.3 is 14.8 Å². The monoisotopic (exact) mass is 604 g/mol. The van der Waals surface area contributed by atoms with E-state index in [1.54, 1.807) is 17.2 Å². The summed E-state index contributed by atoms with van der Waals surface area (Å²) >= 11 is 0. The van der Waals surface area contributed by atoms with Crippen molar-refractivity contribution < 1.29 is 24.4 Å². The first-order valence-corrected chi connectivity index (χ1v) is 16.7. The van der Waals surface area contributed by atoms with Gasteiger partial charge in [0.05, 0.1) is 23.6 Å². The van der Waals surface area contributed by atoms with Crippen LogP contribution in [0.3, 0.4) is 0 Å². The van der Waals surface area contributed by atoms with E-state index in [9.17, 15) is 19.7 Å². The van der Waals surface area contributed by atoms with Gasteiger partial charge in [0.2, 0.25) is 11.8 Å². The number of imide groups is 1. The van der Waals surface area contributed by atoms with Crippen molar-refractivity contribution in [2.24, 2.45) is 17.8 Å². The second kappa shape index (κ2) is 12.6. The molecule has 2 aromatic carbocycles. The maximum absolute atomic E-state index is 14.0. The Morgan fingerprint density at radius 2 is 1.78 bits per heavy atom. The summed E-state index contributed by atoms with van der Waals surface area (Å²) in [5, 5.41) is 23.2. The normalized spacial score (nSPS) is 26.0. The molecule has 0 bridgehead atoms. The Labute approximate surface area is 265 Å². The smallest absolute Gasteiger partial charge is 0.455 e. The Morgan fingerprint density at radius 1 is 1.00 bits per heavy atom. The maximum atomic E-state index is 14.0. The molecule has 7 nitrogen and oxygen atoms in total. The molecule has 2 aliphatic carbocycles. The molecule has 0 unspecified atom stereocenters. The van der Waals surface area contributed by atoms with Gasteiger partial charge in [0.1, 0.15) is 5.75 Å². The molecular weight excluding hydrogens is 563 g/mol. The predicted octanol–water partition coefficient (Wildman–Crippen LogP) is 6.80. The highest BCUT2D eigenvalue weighted by Gasteiger charge is 2.58. The van der Waals surface area contributed by atoms with Crippen LogP contribution in [0.15, 0.2) is 71.9 Å². The molecule has 7 rings (SSSR count). The molecule has 232 valence electrons. The summed E-state index contributed by atoms with van der Waals surface area (Å²) in [5.41, 5.74) is 5.20. The summed E-state index contributed by atoms with van der Waals surface area (Å²) in [5.74, 6) is -0.729. The Balaban J connectivity index is 1.21. The standard InChI is InChI=1S/C37H41BN2O5/c1-2-23-21-29-35(37(43)40(36(29)42)26-10-4-3-5-11-26)30-22-38(44)45-33(34(23)30)18-16-25(31-14-8-9-19-39-31)20-24-15-17-32(41)28-13-7-6-12-27(24)28/h6-9,12-15,17,19-20,26,29-30,33,35,41,44H,2-5,10-11,16,18,21-22H2,1H3/b25-20-/t29-,30+,33-,35-/m1/s1. The predicted molar refractivity (Wildman–Crippen MR) is 176 cm³/mol. The number of benzene rings is 2. The van der Waals surface area contributed by atoms with Gasteiger partial charge in [0, 0.05) is 17.6 Å². The number of phenolic OH excluding ortho intramolecular Hbond substituents is 1. The zero-order chi connectivity index (χ0) is 31.1. The average Bonchev–Trinajstić information content (AvgIpc) is 3.33. The van der Waals surface area contributed by atoms with E-state index in [-0.39, 0.29) is 41.5 Å². The molecule has 2 aliphatic heterocycles. The third-order valence-corrected chi connectivity index (χ3v) is 10.6. The van der Waals surface area contributed by atoms with E-state index in [0.29, 0.717) is 25.6 Å². The Hall–Kier alpha value is -3.75. The van der Waals surface area contributed by atoms with Crippen molar-refractivity contribution >= 4 is 41.4 Å². The van der Waals surface area contributed by atoms with Crippen molar-refractivity contribution in [2.75, 3.05) is 0 Å². The van der Waals surface area contributed by atoms with Crippen LogP contribution in [0.4, 0.5) is 0 Å². The number of carbonyl (C=O) groups excluding carboxylic acids is 2. The molecule has 2 saturated heterocycles. The van der Waals surface area contributed by atoms with Gasteiger partial charge in [-0.3, -0.25) is 19.5 Å². The number of amides is 2. The highest BCUT2D eigenvalue weighted by Crippen LogP contribution is 2.52. The van der Waals surface area contributed by atoms with E-state index in [1.807, 2.05) is 48.5 Å². The van der Waals surface area contributed by atoms with Gasteiger partial charge in [0.25, 0.3) is 0 Å². The first kappa shape index (κ1) is 29.9. The lowest BCUT2D eigenvalue weighted by atomic mass is 9.58. The minimum Gasteiger partial charge on any atom is -0.507 e. The quantitative estimate of drug-likeness (QED) is 0.175. The second-order valence-electron chi connectivity index (χ2n) is 13.2. The molecule has 3 aromatic rings. The summed E-state index contributed by atoms with van der Waals surface area (Å²) in [6.07, 6.45) is 11.6. The molecule has 2 amide bonds. The van der Waals surface area contributed by atoms with Crippen LogP contribution in [0.2, 0.25) is 6.32 Å². The maximum Gasteiger partial charge on any atom is 0.455 e. The zero-order valence-corrected chi connectivity index (χ0v) is 25.9. The van der Waals surface area contributed by atoms with Gasteiger partial charge in [-0.15, -0.1) is 0 Å². The molecule has 2 N–H and O–H groups in total. The summed E-state index contributed by atoms with van der Waals surface area (Å²) in [6.45, 7) is 2.12. The van der Waals surface area contributed by atoms with Crippen LogP contribution in [-0.4, -0.2) is 51.1 Å². The Kier molecular flexibility index (Phi) is 8.36. The number of likely N-dealkylation sites (tertiary alicyclic amines) is 1.